The largest absolute Gasteiger partial charge is 0.493 e. The Hall–Kier alpha value is -2.74. The second-order valence-electron chi connectivity index (χ2n) is 6.40. The molecule has 8 heteroatoms. The zero-order valence-electron chi connectivity index (χ0n) is 16.6. The molecule has 3 rings (SSSR count). The van der Waals surface area contributed by atoms with Crippen molar-refractivity contribution < 1.29 is 23.7 Å². The third kappa shape index (κ3) is 5.00. The molecule has 1 aromatic heterocycles. The van der Waals surface area contributed by atoms with Crippen LogP contribution in [0.3, 0.4) is 0 Å². The normalized spacial score (nSPS) is 16.1. The number of amides is 1. The number of nitrogens with zero attached hydrogens (tertiary/aromatic N) is 2. The summed E-state index contributed by atoms with van der Waals surface area (Å²) in [6.07, 6.45) is 5.63. The Morgan fingerprint density at radius 1 is 1.21 bits per heavy atom. The van der Waals surface area contributed by atoms with Crippen LogP contribution in [0.1, 0.15) is 12.0 Å². The summed E-state index contributed by atoms with van der Waals surface area (Å²) in [5, 5.41) is 0. The molecule has 0 bridgehead atoms. The van der Waals surface area contributed by atoms with Crippen LogP contribution in [0.5, 0.6) is 23.1 Å². The number of benzene rings is 1. The van der Waals surface area contributed by atoms with Crippen molar-refractivity contribution in [3.05, 3.63) is 46.6 Å². The smallest absolute Gasteiger partial charge is 0.246 e. The number of halogens is 1. The molecule has 7 nitrogen and oxygen atoms in total. The lowest BCUT2D eigenvalue weighted by atomic mass is 10.1. The highest BCUT2D eigenvalue weighted by molar-refractivity contribution is 9.10. The fourth-order valence-electron chi connectivity index (χ4n) is 3.11. The van der Waals surface area contributed by atoms with Crippen LogP contribution in [0.25, 0.3) is 6.08 Å². The second-order valence-corrected chi connectivity index (χ2v) is 7.25. The summed E-state index contributed by atoms with van der Waals surface area (Å²) in [5.74, 6) is 2.05. The van der Waals surface area contributed by atoms with E-state index in [4.69, 9.17) is 18.9 Å². The minimum Gasteiger partial charge on any atom is -0.493 e. The molecule has 1 unspecified atom stereocenters. The number of hydrogen-bond donors (Lipinski definition) is 0. The predicted octanol–water partition coefficient (Wildman–Crippen LogP) is 3.56. The van der Waals surface area contributed by atoms with Gasteiger partial charge in [-0.2, -0.15) is 0 Å². The van der Waals surface area contributed by atoms with Crippen LogP contribution in [0.4, 0.5) is 0 Å². The highest BCUT2D eigenvalue weighted by atomic mass is 79.9. The van der Waals surface area contributed by atoms with Crippen molar-refractivity contribution in [3.8, 4) is 23.1 Å². The van der Waals surface area contributed by atoms with Gasteiger partial charge in [-0.05, 0) is 51.8 Å². The Balaban J connectivity index is 1.65. The summed E-state index contributed by atoms with van der Waals surface area (Å²) in [7, 11) is 4.66. The molecular weight excluding hydrogens is 440 g/mol. The summed E-state index contributed by atoms with van der Waals surface area (Å²) < 4.78 is 22.7. The monoisotopic (exact) mass is 462 g/mol. The second kappa shape index (κ2) is 9.65. The minimum absolute atomic E-state index is 0.0788. The molecule has 1 fully saturated rings. The first-order valence-electron chi connectivity index (χ1n) is 9.10. The lowest BCUT2D eigenvalue weighted by Crippen LogP contribution is -2.29. The SMILES string of the molecule is COc1cc(/C=C/C(=O)N2CCC(Oc3ncccc3Br)C2)cc(OC)c1OC. The van der Waals surface area contributed by atoms with Crippen molar-refractivity contribution >= 4 is 27.9 Å². The molecule has 0 radical (unpaired) electrons. The van der Waals surface area contributed by atoms with Crippen LogP contribution in [0.15, 0.2) is 41.0 Å². The van der Waals surface area contributed by atoms with Gasteiger partial charge in [-0.15, -0.1) is 0 Å². The molecule has 0 spiro atoms. The van der Waals surface area contributed by atoms with Crippen molar-refractivity contribution in [3.63, 3.8) is 0 Å². The molecule has 2 aromatic rings. The van der Waals surface area contributed by atoms with Gasteiger partial charge in [-0.25, -0.2) is 4.98 Å². The summed E-state index contributed by atoms with van der Waals surface area (Å²) in [6.45, 7) is 1.15. The molecule has 1 amide bonds. The zero-order valence-corrected chi connectivity index (χ0v) is 18.1. The van der Waals surface area contributed by atoms with Gasteiger partial charge < -0.3 is 23.8 Å². The highest BCUT2D eigenvalue weighted by Gasteiger charge is 2.27. The Morgan fingerprint density at radius 3 is 2.55 bits per heavy atom. The molecule has 1 atom stereocenters. The molecule has 0 aliphatic carbocycles. The van der Waals surface area contributed by atoms with Crippen molar-refractivity contribution in [2.75, 3.05) is 34.4 Å². The lowest BCUT2D eigenvalue weighted by molar-refractivity contribution is -0.125. The standard InChI is InChI=1S/C21H23BrN2O5/c1-26-17-11-14(12-18(27-2)20(17)28-3)6-7-19(25)24-10-8-15(13-24)29-21-16(22)5-4-9-23-21/h4-7,9,11-12,15H,8,10,13H2,1-3H3/b7-6+. The van der Waals surface area contributed by atoms with Gasteiger partial charge >= 0.3 is 0 Å². The number of carbonyl (C=O) groups excluding carboxylic acids is 1. The van der Waals surface area contributed by atoms with Gasteiger partial charge in [0.25, 0.3) is 0 Å². The maximum Gasteiger partial charge on any atom is 0.246 e. The molecule has 154 valence electrons. The minimum atomic E-state index is -0.0836. The molecule has 1 aliphatic rings. The quantitative estimate of drug-likeness (QED) is 0.585. The number of rotatable bonds is 7. The molecule has 0 N–H and O–H groups in total. The van der Waals surface area contributed by atoms with Crippen molar-refractivity contribution in [2.45, 2.75) is 12.5 Å². The van der Waals surface area contributed by atoms with Crippen molar-refractivity contribution in [1.29, 1.82) is 0 Å². The Morgan fingerprint density at radius 2 is 1.93 bits per heavy atom. The lowest BCUT2D eigenvalue weighted by Gasteiger charge is -2.16. The summed E-state index contributed by atoms with van der Waals surface area (Å²) in [5.41, 5.74) is 0.775. The van der Waals surface area contributed by atoms with E-state index in [0.29, 0.717) is 36.2 Å². The summed E-state index contributed by atoms with van der Waals surface area (Å²) in [4.78, 5) is 18.6. The molecule has 29 heavy (non-hydrogen) atoms. The third-order valence-electron chi connectivity index (χ3n) is 4.57. The van der Waals surface area contributed by atoms with Crippen LogP contribution >= 0.6 is 15.9 Å². The molecule has 1 aliphatic heterocycles. The Kier molecular flexibility index (Phi) is 6.98. The Labute approximate surface area is 178 Å². The van der Waals surface area contributed by atoms with E-state index in [-0.39, 0.29) is 12.0 Å². The van der Waals surface area contributed by atoms with E-state index in [1.165, 1.54) is 0 Å². The third-order valence-corrected chi connectivity index (χ3v) is 5.17. The number of methoxy groups -OCH3 is 3. The van der Waals surface area contributed by atoms with Gasteiger partial charge in [-0.3, -0.25) is 4.79 Å². The maximum atomic E-state index is 12.6. The number of hydrogen-bond acceptors (Lipinski definition) is 6. The van der Waals surface area contributed by atoms with Crippen LogP contribution in [-0.2, 0) is 4.79 Å². The molecule has 1 saturated heterocycles. The van der Waals surface area contributed by atoms with E-state index in [2.05, 4.69) is 20.9 Å². The maximum absolute atomic E-state index is 12.6. The van der Waals surface area contributed by atoms with Gasteiger partial charge in [-0.1, -0.05) is 0 Å². The van der Waals surface area contributed by atoms with E-state index in [1.807, 2.05) is 12.1 Å². The zero-order chi connectivity index (χ0) is 20.8. The van der Waals surface area contributed by atoms with Crippen molar-refractivity contribution in [2.24, 2.45) is 0 Å². The van der Waals surface area contributed by atoms with Crippen LogP contribution in [-0.4, -0.2) is 56.3 Å². The van der Waals surface area contributed by atoms with Gasteiger partial charge in [0.2, 0.25) is 17.5 Å². The van der Waals surface area contributed by atoms with Gasteiger partial charge in [0.15, 0.2) is 11.5 Å². The number of aromatic nitrogens is 1. The first-order chi connectivity index (χ1) is 14.0. The molecule has 2 heterocycles. The summed E-state index contributed by atoms with van der Waals surface area (Å²) in [6, 6.07) is 7.29. The number of pyridine rings is 1. The van der Waals surface area contributed by atoms with Crippen LogP contribution in [0, 0.1) is 0 Å². The predicted molar refractivity (Wildman–Crippen MR) is 113 cm³/mol. The van der Waals surface area contributed by atoms with Crippen LogP contribution in [0.2, 0.25) is 0 Å². The fraction of sp³-hybridized carbons (Fsp3) is 0.333. The van der Waals surface area contributed by atoms with E-state index in [0.717, 1.165) is 16.5 Å². The summed E-state index contributed by atoms with van der Waals surface area (Å²) >= 11 is 3.42. The number of ether oxygens (including phenoxy) is 4. The first kappa shape index (κ1) is 21.0. The Bertz CT molecular complexity index is 877. The van der Waals surface area contributed by atoms with Crippen LogP contribution < -0.4 is 18.9 Å². The van der Waals surface area contributed by atoms with Gasteiger partial charge in [0.1, 0.15) is 6.10 Å². The van der Waals surface area contributed by atoms with E-state index >= 15 is 0 Å². The number of carbonyl (C=O) groups is 1. The first-order valence-corrected chi connectivity index (χ1v) is 9.89. The van der Waals surface area contributed by atoms with Crippen molar-refractivity contribution in [1.82, 2.24) is 9.88 Å². The van der Waals surface area contributed by atoms with Gasteiger partial charge in [0, 0.05) is 25.2 Å². The number of likely N-dealkylation sites (tertiary alicyclic amines) is 1. The molecule has 0 saturated carbocycles. The topological polar surface area (TPSA) is 70.1 Å². The van der Waals surface area contributed by atoms with E-state index in [1.54, 1.807) is 56.7 Å². The molecular formula is C21H23BrN2O5. The fourth-order valence-corrected chi connectivity index (χ4v) is 3.46. The van der Waals surface area contributed by atoms with E-state index in [9.17, 15) is 4.79 Å². The molecule has 1 aromatic carbocycles. The average Bonchev–Trinajstić information content (AvgIpc) is 3.21. The highest BCUT2D eigenvalue weighted by Crippen LogP contribution is 2.38. The van der Waals surface area contributed by atoms with E-state index < -0.39 is 0 Å². The average molecular weight is 463 g/mol. The van der Waals surface area contributed by atoms with Gasteiger partial charge in [0.05, 0.1) is 32.3 Å².